The SMILES string of the molecule is CNCc1nc(Br)c(-c2ccc(C)cc2)n1C. The first-order valence-corrected chi connectivity index (χ1v) is 6.35. The predicted octanol–water partition coefficient (Wildman–Crippen LogP) is 2.88. The summed E-state index contributed by atoms with van der Waals surface area (Å²) in [7, 11) is 3.97. The zero-order chi connectivity index (χ0) is 12.4. The highest BCUT2D eigenvalue weighted by molar-refractivity contribution is 9.10. The molecule has 17 heavy (non-hydrogen) atoms. The molecule has 0 unspecified atom stereocenters. The van der Waals surface area contributed by atoms with Crippen LogP contribution >= 0.6 is 15.9 Å². The minimum absolute atomic E-state index is 0.765. The summed E-state index contributed by atoms with van der Waals surface area (Å²) >= 11 is 3.53. The van der Waals surface area contributed by atoms with E-state index in [9.17, 15) is 0 Å². The van der Waals surface area contributed by atoms with Gasteiger partial charge in [0, 0.05) is 12.6 Å². The molecule has 0 saturated heterocycles. The Morgan fingerprint density at radius 2 is 1.94 bits per heavy atom. The van der Waals surface area contributed by atoms with Crippen LogP contribution in [-0.2, 0) is 13.6 Å². The Morgan fingerprint density at radius 1 is 1.29 bits per heavy atom. The molecule has 2 rings (SSSR count). The third-order valence-corrected chi connectivity index (χ3v) is 3.36. The van der Waals surface area contributed by atoms with Crippen molar-refractivity contribution in [1.82, 2.24) is 14.9 Å². The van der Waals surface area contributed by atoms with Crippen molar-refractivity contribution in [1.29, 1.82) is 0 Å². The lowest BCUT2D eigenvalue weighted by Gasteiger charge is -2.06. The van der Waals surface area contributed by atoms with Crippen molar-refractivity contribution in [3.05, 3.63) is 40.3 Å². The van der Waals surface area contributed by atoms with Crippen LogP contribution in [0.2, 0.25) is 0 Å². The quantitative estimate of drug-likeness (QED) is 0.943. The monoisotopic (exact) mass is 293 g/mol. The van der Waals surface area contributed by atoms with Gasteiger partial charge in [0.1, 0.15) is 10.4 Å². The number of benzene rings is 1. The van der Waals surface area contributed by atoms with E-state index < -0.39 is 0 Å². The zero-order valence-corrected chi connectivity index (χ0v) is 11.9. The van der Waals surface area contributed by atoms with Crippen LogP contribution in [0.15, 0.2) is 28.9 Å². The number of aryl methyl sites for hydroxylation is 1. The molecule has 1 aromatic heterocycles. The van der Waals surface area contributed by atoms with Gasteiger partial charge in [-0.25, -0.2) is 4.98 Å². The summed E-state index contributed by atoms with van der Waals surface area (Å²) < 4.78 is 3.01. The van der Waals surface area contributed by atoms with Gasteiger partial charge < -0.3 is 9.88 Å². The van der Waals surface area contributed by atoms with E-state index >= 15 is 0 Å². The third-order valence-electron chi connectivity index (χ3n) is 2.81. The lowest BCUT2D eigenvalue weighted by molar-refractivity contribution is 0.712. The van der Waals surface area contributed by atoms with Crippen LogP contribution in [0.25, 0.3) is 11.3 Å². The van der Waals surface area contributed by atoms with Gasteiger partial charge in [0.25, 0.3) is 0 Å². The molecule has 0 saturated carbocycles. The Bertz CT molecular complexity index is 514. The summed E-state index contributed by atoms with van der Waals surface area (Å²) in [6.45, 7) is 2.86. The van der Waals surface area contributed by atoms with Crippen molar-refractivity contribution in [3.8, 4) is 11.3 Å². The molecule has 90 valence electrons. The van der Waals surface area contributed by atoms with E-state index in [4.69, 9.17) is 0 Å². The van der Waals surface area contributed by atoms with Gasteiger partial charge in [0.2, 0.25) is 0 Å². The average Bonchev–Trinajstić information content (AvgIpc) is 2.57. The molecule has 0 aliphatic rings. The molecular formula is C13H16BrN3. The number of nitrogens with zero attached hydrogens (tertiary/aromatic N) is 2. The number of rotatable bonds is 3. The van der Waals surface area contributed by atoms with Crippen LogP contribution in [-0.4, -0.2) is 16.6 Å². The smallest absolute Gasteiger partial charge is 0.132 e. The van der Waals surface area contributed by atoms with Crippen molar-refractivity contribution < 1.29 is 0 Å². The lowest BCUT2D eigenvalue weighted by Crippen LogP contribution is -2.10. The Hall–Kier alpha value is -1.13. The van der Waals surface area contributed by atoms with E-state index in [2.05, 4.69) is 62.0 Å². The van der Waals surface area contributed by atoms with E-state index in [0.717, 1.165) is 22.7 Å². The van der Waals surface area contributed by atoms with Crippen LogP contribution in [0.5, 0.6) is 0 Å². The van der Waals surface area contributed by atoms with Crippen molar-refractivity contribution in [2.45, 2.75) is 13.5 Å². The number of nitrogens with one attached hydrogen (secondary N) is 1. The van der Waals surface area contributed by atoms with E-state index in [0.29, 0.717) is 0 Å². The minimum Gasteiger partial charge on any atom is -0.329 e. The molecule has 4 heteroatoms. The number of hydrogen-bond donors (Lipinski definition) is 1. The molecule has 0 aliphatic heterocycles. The van der Waals surface area contributed by atoms with Gasteiger partial charge in [-0.2, -0.15) is 0 Å². The van der Waals surface area contributed by atoms with Crippen LogP contribution < -0.4 is 5.32 Å². The fourth-order valence-corrected chi connectivity index (χ4v) is 2.55. The highest BCUT2D eigenvalue weighted by atomic mass is 79.9. The summed E-state index contributed by atoms with van der Waals surface area (Å²) in [5.74, 6) is 1.02. The molecule has 0 fully saturated rings. The van der Waals surface area contributed by atoms with Gasteiger partial charge >= 0.3 is 0 Å². The average molecular weight is 294 g/mol. The lowest BCUT2D eigenvalue weighted by atomic mass is 10.1. The maximum Gasteiger partial charge on any atom is 0.132 e. The highest BCUT2D eigenvalue weighted by Gasteiger charge is 2.13. The molecule has 3 nitrogen and oxygen atoms in total. The Balaban J connectivity index is 2.48. The number of aromatic nitrogens is 2. The molecule has 0 bridgehead atoms. The van der Waals surface area contributed by atoms with Crippen molar-refractivity contribution in [2.24, 2.45) is 7.05 Å². The van der Waals surface area contributed by atoms with Crippen LogP contribution in [0, 0.1) is 6.92 Å². The molecule has 1 N–H and O–H groups in total. The minimum atomic E-state index is 0.765. The molecule has 1 heterocycles. The van der Waals surface area contributed by atoms with Crippen molar-refractivity contribution in [2.75, 3.05) is 7.05 Å². The highest BCUT2D eigenvalue weighted by Crippen LogP contribution is 2.28. The second-order valence-electron chi connectivity index (χ2n) is 4.12. The van der Waals surface area contributed by atoms with Crippen molar-refractivity contribution in [3.63, 3.8) is 0 Å². The van der Waals surface area contributed by atoms with Crippen LogP contribution in [0.3, 0.4) is 0 Å². The Kier molecular flexibility index (Phi) is 3.64. The zero-order valence-electron chi connectivity index (χ0n) is 10.3. The fraction of sp³-hybridized carbons (Fsp3) is 0.308. The van der Waals surface area contributed by atoms with Gasteiger partial charge in [0.15, 0.2) is 0 Å². The molecule has 2 aromatic rings. The largest absolute Gasteiger partial charge is 0.329 e. The summed E-state index contributed by atoms with van der Waals surface area (Å²) in [6.07, 6.45) is 0. The molecule has 0 spiro atoms. The second-order valence-corrected chi connectivity index (χ2v) is 4.87. The van der Waals surface area contributed by atoms with Gasteiger partial charge in [-0.3, -0.25) is 0 Å². The molecule has 0 amide bonds. The van der Waals surface area contributed by atoms with Gasteiger partial charge in [0.05, 0.1) is 12.2 Å². The third kappa shape index (κ3) is 2.42. The molecule has 0 radical (unpaired) electrons. The first-order chi connectivity index (χ1) is 8.13. The Morgan fingerprint density at radius 3 is 2.53 bits per heavy atom. The summed E-state index contributed by atoms with van der Waals surface area (Å²) in [6, 6.07) is 8.49. The summed E-state index contributed by atoms with van der Waals surface area (Å²) in [5, 5.41) is 3.12. The van der Waals surface area contributed by atoms with Crippen LogP contribution in [0.4, 0.5) is 0 Å². The van der Waals surface area contributed by atoms with Crippen LogP contribution in [0.1, 0.15) is 11.4 Å². The van der Waals surface area contributed by atoms with Gasteiger partial charge in [-0.15, -0.1) is 0 Å². The molecular weight excluding hydrogens is 278 g/mol. The topological polar surface area (TPSA) is 29.9 Å². The van der Waals surface area contributed by atoms with E-state index in [1.54, 1.807) is 0 Å². The number of hydrogen-bond acceptors (Lipinski definition) is 2. The second kappa shape index (κ2) is 5.02. The van der Waals surface area contributed by atoms with Gasteiger partial charge in [-0.1, -0.05) is 29.8 Å². The molecule has 1 aromatic carbocycles. The summed E-state index contributed by atoms with van der Waals surface area (Å²) in [4.78, 5) is 4.52. The standard InChI is InChI=1S/C13H16BrN3/c1-9-4-6-10(7-5-9)12-13(14)16-11(8-15-2)17(12)3/h4-7,15H,8H2,1-3H3. The van der Waals surface area contributed by atoms with Gasteiger partial charge in [-0.05, 0) is 29.9 Å². The first kappa shape index (κ1) is 12.3. The first-order valence-electron chi connectivity index (χ1n) is 5.56. The summed E-state index contributed by atoms with van der Waals surface area (Å²) in [5.41, 5.74) is 3.57. The normalized spacial score (nSPS) is 10.8. The fourth-order valence-electron chi connectivity index (χ4n) is 1.85. The predicted molar refractivity (Wildman–Crippen MR) is 73.8 cm³/mol. The van der Waals surface area contributed by atoms with E-state index in [1.807, 2.05) is 14.1 Å². The Labute approximate surface area is 110 Å². The maximum absolute atomic E-state index is 4.52. The van der Waals surface area contributed by atoms with E-state index in [-0.39, 0.29) is 0 Å². The van der Waals surface area contributed by atoms with Crippen molar-refractivity contribution >= 4 is 15.9 Å². The van der Waals surface area contributed by atoms with E-state index in [1.165, 1.54) is 11.1 Å². The number of halogens is 1. The maximum atomic E-state index is 4.52. The molecule has 0 atom stereocenters. The number of imidazole rings is 1. The molecule has 0 aliphatic carbocycles.